The number of hydrogen-bond donors (Lipinski definition) is 1. The first-order valence-electron chi connectivity index (χ1n) is 10.3. The van der Waals surface area contributed by atoms with E-state index in [-0.39, 0.29) is 22.9 Å². The molecular formula is C21H15F2N9O2. The second-order valence-corrected chi connectivity index (χ2v) is 7.58. The number of aromatic nitrogens is 8. The lowest BCUT2D eigenvalue weighted by molar-refractivity contribution is 0.0646. The average Bonchev–Trinajstić information content (AvgIpc) is 3.62. The molecule has 1 unspecified atom stereocenters. The van der Waals surface area contributed by atoms with E-state index in [9.17, 15) is 13.6 Å². The van der Waals surface area contributed by atoms with Crippen molar-refractivity contribution in [3.63, 3.8) is 0 Å². The van der Waals surface area contributed by atoms with Crippen molar-refractivity contribution in [1.82, 2.24) is 44.6 Å². The number of pyridine rings is 1. The number of H-pyrrole nitrogens is 1. The van der Waals surface area contributed by atoms with Crippen LogP contribution in [0, 0.1) is 0 Å². The Kier molecular flexibility index (Phi) is 4.60. The molecule has 1 atom stereocenters. The van der Waals surface area contributed by atoms with Gasteiger partial charge in [-0.3, -0.25) is 9.78 Å². The number of amides is 1. The number of fused-ring (bicyclic) bond motifs is 2. The highest BCUT2D eigenvalue weighted by atomic mass is 19.3. The second-order valence-electron chi connectivity index (χ2n) is 7.58. The van der Waals surface area contributed by atoms with E-state index in [0.29, 0.717) is 30.0 Å². The van der Waals surface area contributed by atoms with Crippen LogP contribution in [0.25, 0.3) is 17.1 Å². The van der Waals surface area contributed by atoms with Gasteiger partial charge < -0.3 is 14.3 Å². The molecule has 0 radical (unpaired) electrons. The third-order valence-corrected chi connectivity index (χ3v) is 5.64. The van der Waals surface area contributed by atoms with Gasteiger partial charge in [0.15, 0.2) is 0 Å². The summed E-state index contributed by atoms with van der Waals surface area (Å²) in [6.45, 7) is 0.303. The summed E-state index contributed by atoms with van der Waals surface area (Å²) >= 11 is 0. The maximum absolute atomic E-state index is 13.5. The molecular weight excluding hydrogens is 448 g/mol. The van der Waals surface area contributed by atoms with Gasteiger partial charge in [-0.2, -0.15) is 5.10 Å². The zero-order valence-corrected chi connectivity index (χ0v) is 17.3. The highest BCUT2D eigenvalue weighted by Crippen LogP contribution is 2.35. The zero-order valence-electron chi connectivity index (χ0n) is 17.3. The molecule has 1 amide bonds. The van der Waals surface area contributed by atoms with Crippen molar-refractivity contribution in [2.45, 2.75) is 18.9 Å². The molecule has 5 aromatic heterocycles. The molecule has 6 rings (SSSR count). The molecule has 0 bridgehead atoms. The topological polar surface area (TPSA) is 131 Å². The minimum absolute atomic E-state index is 0.0553. The first-order chi connectivity index (χ1) is 16.6. The van der Waals surface area contributed by atoms with E-state index < -0.39 is 18.4 Å². The predicted octanol–water partition coefficient (Wildman–Crippen LogP) is 2.62. The van der Waals surface area contributed by atoms with E-state index in [1.807, 2.05) is 0 Å². The molecule has 0 saturated carbocycles. The van der Waals surface area contributed by atoms with Crippen LogP contribution in [-0.2, 0) is 6.42 Å². The van der Waals surface area contributed by atoms with E-state index >= 15 is 0 Å². The van der Waals surface area contributed by atoms with Gasteiger partial charge >= 0.3 is 11.8 Å². The summed E-state index contributed by atoms with van der Waals surface area (Å²) in [5.74, 6) is -0.714. The van der Waals surface area contributed by atoms with E-state index in [1.165, 1.54) is 46.5 Å². The zero-order chi connectivity index (χ0) is 23.2. The fraction of sp³-hybridized carbons (Fsp3) is 0.190. The smallest absolute Gasteiger partial charge is 0.312 e. The fourth-order valence-corrected chi connectivity index (χ4v) is 4.11. The van der Waals surface area contributed by atoms with Crippen LogP contribution in [0.15, 0.2) is 53.7 Å². The number of carbonyl (C=O) groups is 1. The van der Waals surface area contributed by atoms with Crippen LogP contribution in [0.3, 0.4) is 0 Å². The Bertz CT molecular complexity index is 1490. The van der Waals surface area contributed by atoms with Crippen molar-refractivity contribution in [2.24, 2.45) is 0 Å². The van der Waals surface area contributed by atoms with Crippen LogP contribution in [0.5, 0.6) is 0 Å². The maximum atomic E-state index is 13.5. The van der Waals surface area contributed by atoms with Gasteiger partial charge in [0.1, 0.15) is 11.7 Å². The number of halogens is 2. The van der Waals surface area contributed by atoms with E-state index in [0.717, 1.165) is 5.69 Å². The Balaban J connectivity index is 1.42. The molecule has 170 valence electrons. The number of hydrogen-bond acceptors (Lipinski definition) is 8. The summed E-state index contributed by atoms with van der Waals surface area (Å²) < 4.78 is 34.0. The summed E-state index contributed by atoms with van der Waals surface area (Å²) in [5.41, 5.74) is 2.25. The SMILES string of the molecule is O=C(c1nnc(-c2cnccn2)o1)N1CCc2[nH]cnc2C1c1cc2c(C(F)F)cccn2n1. The van der Waals surface area contributed by atoms with Crippen LogP contribution in [0.2, 0.25) is 0 Å². The lowest BCUT2D eigenvalue weighted by Crippen LogP contribution is -2.41. The van der Waals surface area contributed by atoms with Gasteiger partial charge in [-0.25, -0.2) is 23.3 Å². The standard InChI is InChI=1S/C21H15F2N9O2/c22-18(23)11-2-1-6-32-15(11)8-13(30-32)17-16-12(26-10-27-16)3-7-31(17)21(33)20-29-28-19(34-20)14-9-24-4-5-25-14/h1-2,4-6,8-10,17-18H,3,7H2,(H,26,27). The van der Waals surface area contributed by atoms with Crippen molar-refractivity contribution in [3.05, 3.63) is 77.8 Å². The van der Waals surface area contributed by atoms with Gasteiger partial charge in [0, 0.05) is 42.8 Å². The molecule has 0 saturated heterocycles. The maximum Gasteiger partial charge on any atom is 0.312 e. The van der Waals surface area contributed by atoms with Crippen molar-refractivity contribution in [3.8, 4) is 11.6 Å². The Morgan fingerprint density at radius 2 is 2.15 bits per heavy atom. The second kappa shape index (κ2) is 7.79. The summed E-state index contributed by atoms with van der Waals surface area (Å²) in [6, 6.07) is 3.66. The van der Waals surface area contributed by atoms with E-state index in [4.69, 9.17) is 4.42 Å². The number of imidazole rings is 1. The molecule has 1 aliphatic rings. The lowest BCUT2D eigenvalue weighted by Gasteiger charge is -2.32. The highest BCUT2D eigenvalue weighted by molar-refractivity contribution is 5.90. The molecule has 0 fully saturated rings. The Hall–Kier alpha value is -4.55. The first-order valence-corrected chi connectivity index (χ1v) is 10.3. The number of nitrogens with zero attached hydrogens (tertiary/aromatic N) is 8. The van der Waals surface area contributed by atoms with Crippen molar-refractivity contribution in [2.75, 3.05) is 6.54 Å². The monoisotopic (exact) mass is 463 g/mol. The molecule has 0 aromatic carbocycles. The number of alkyl halides is 2. The summed E-state index contributed by atoms with van der Waals surface area (Å²) in [4.78, 5) is 30.5. The van der Waals surface area contributed by atoms with Crippen LogP contribution in [-0.4, -0.2) is 57.1 Å². The van der Waals surface area contributed by atoms with Crippen LogP contribution in [0.4, 0.5) is 8.78 Å². The number of nitrogens with one attached hydrogen (secondary N) is 1. The third kappa shape index (κ3) is 3.20. The van der Waals surface area contributed by atoms with Crippen LogP contribution < -0.4 is 0 Å². The molecule has 13 heteroatoms. The van der Waals surface area contributed by atoms with Gasteiger partial charge in [-0.05, 0) is 18.2 Å². The Morgan fingerprint density at radius 1 is 1.24 bits per heavy atom. The van der Waals surface area contributed by atoms with Crippen molar-refractivity contribution < 1.29 is 18.0 Å². The molecule has 34 heavy (non-hydrogen) atoms. The average molecular weight is 463 g/mol. The molecule has 11 nitrogen and oxygen atoms in total. The quantitative estimate of drug-likeness (QED) is 0.430. The molecule has 0 spiro atoms. The predicted molar refractivity (Wildman–Crippen MR) is 111 cm³/mol. The Morgan fingerprint density at radius 3 is 2.97 bits per heavy atom. The van der Waals surface area contributed by atoms with Gasteiger partial charge in [0.05, 0.1) is 29.4 Å². The minimum Gasteiger partial charge on any atom is -0.411 e. The Labute approximate surface area is 189 Å². The lowest BCUT2D eigenvalue weighted by atomic mass is 9.99. The summed E-state index contributed by atoms with van der Waals surface area (Å²) in [5, 5.41) is 12.3. The third-order valence-electron chi connectivity index (χ3n) is 5.64. The first kappa shape index (κ1) is 20.1. The molecule has 6 heterocycles. The van der Waals surface area contributed by atoms with Gasteiger partial charge in [-0.15, -0.1) is 10.2 Å². The summed E-state index contributed by atoms with van der Waals surface area (Å²) in [7, 11) is 0. The fourth-order valence-electron chi connectivity index (χ4n) is 4.11. The molecule has 1 N–H and O–H groups in total. The summed E-state index contributed by atoms with van der Waals surface area (Å²) in [6.07, 6.45) is 5.37. The normalized spacial score (nSPS) is 15.7. The van der Waals surface area contributed by atoms with Crippen molar-refractivity contribution >= 4 is 11.4 Å². The van der Waals surface area contributed by atoms with Gasteiger partial charge in [-0.1, -0.05) is 0 Å². The number of carbonyl (C=O) groups excluding carboxylic acids is 1. The number of aromatic amines is 1. The highest BCUT2D eigenvalue weighted by Gasteiger charge is 2.38. The van der Waals surface area contributed by atoms with Gasteiger partial charge in [0.2, 0.25) is 0 Å². The van der Waals surface area contributed by atoms with Crippen LogP contribution >= 0.6 is 0 Å². The molecule has 0 aliphatic carbocycles. The van der Waals surface area contributed by atoms with Crippen LogP contribution in [0.1, 0.15) is 45.8 Å². The van der Waals surface area contributed by atoms with Gasteiger partial charge in [0.25, 0.3) is 12.3 Å². The van der Waals surface area contributed by atoms with E-state index in [2.05, 4.69) is 35.2 Å². The molecule has 1 aliphatic heterocycles. The van der Waals surface area contributed by atoms with E-state index in [1.54, 1.807) is 12.3 Å². The van der Waals surface area contributed by atoms with Crippen molar-refractivity contribution in [1.29, 1.82) is 0 Å². The number of rotatable bonds is 4. The molecule has 5 aromatic rings. The minimum atomic E-state index is -2.67. The largest absolute Gasteiger partial charge is 0.411 e.